The maximum atomic E-state index is 11.8. The molecule has 2 nitrogen and oxygen atoms in total. The number of benzene rings is 1. The van der Waals surface area contributed by atoms with Gasteiger partial charge < -0.3 is 10.5 Å². The van der Waals surface area contributed by atoms with Crippen molar-refractivity contribution >= 4 is 18.1 Å². The molecule has 0 radical (unpaired) electrons. The van der Waals surface area contributed by atoms with Crippen LogP contribution in [0.3, 0.4) is 0 Å². The van der Waals surface area contributed by atoms with Gasteiger partial charge in [-0.25, -0.2) is 0 Å². The Morgan fingerprint density at radius 1 is 1.21 bits per heavy atom. The Kier molecular flexibility index (Phi) is 4.63. The molecule has 0 amide bonds. The van der Waals surface area contributed by atoms with E-state index in [1.807, 2.05) is 0 Å². The van der Waals surface area contributed by atoms with Crippen molar-refractivity contribution in [3.63, 3.8) is 0 Å². The third-order valence-electron chi connectivity index (χ3n) is 1.79. The van der Waals surface area contributed by atoms with E-state index in [0.717, 1.165) is 11.1 Å². The van der Waals surface area contributed by atoms with Gasteiger partial charge in [-0.15, -0.1) is 12.4 Å². The fourth-order valence-corrected chi connectivity index (χ4v) is 1.11. The molecule has 1 aromatic rings. The number of rotatable bonds is 2. The standard InChI is InChI=1S/C9H11F2NO.ClH/c1-5-3-7(13-9(10)11)4-6(2)8(5)12;/h3-4,9H,12H2,1-2H3;1H. The fourth-order valence-electron chi connectivity index (χ4n) is 1.11. The lowest BCUT2D eigenvalue weighted by atomic mass is 10.1. The van der Waals surface area contributed by atoms with Crippen LogP contribution in [0, 0.1) is 13.8 Å². The second-order valence-corrected chi connectivity index (χ2v) is 2.85. The first-order valence-electron chi connectivity index (χ1n) is 3.82. The van der Waals surface area contributed by atoms with E-state index < -0.39 is 6.61 Å². The van der Waals surface area contributed by atoms with E-state index in [9.17, 15) is 8.78 Å². The minimum atomic E-state index is -2.79. The van der Waals surface area contributed by atoms with Crippen LogP contribution in [0.1, 0.15) is 11.1 Å². The number of aryl methyl sites for hydroxylation is 2. The molecule has 5 heteroatoms. The van der Waals surface area contributed by atoms with Crippen molar-refractivity contribution in [3.8, 4) is 5.75 Å². The number of halogens is 3. The van der Waals surface area contributed by atoms with Gasteiger partial charge in [-0.1, -0.05) is 0 Å². The van der Waals surface area contributed by atoms with Gasteiger partial charge in [0.15, 0.2) is 0 Å². The molecule has 0 aliphatic carbocycles. The van der Waals surface area contributed by atoms with Crippen LogP contribution in [0.5, 0.6) is 5.75 Å². The lowest BCUT2D eigenvalue weighted by molar-refractivity contribution is -0.0498. The zero-order chi connectivity index (χ0) is 10.0. The zero-order valence-electron chi connectivity index (χ0n) is 7.88. The number of hydrogen-bond donors (Lipinski definition) is 1. The van der Waals surface area contributed by atoms with E-state index in [1.165, 1.54) is 12.1 Å². The van der Waals surface area contributed by atoms with Crippen LogP contribution < -0.4 is 10.5 Å². The Morgan fingerprint density at radius 3 is 2.00 bits per heavy atom. The van der Waals surface area contributed by atoms with Crippen molar-refractivity contribution in [3.05, 3.63) is 23.3 Å². The summed E-state index contributed by atoms with van der Waals surface area (Å²) in [6, 6.07) is 2.99. The minimum Gasteiger partial charge on any atom is -0.435 e. The van der Waals surface area contributed by atoms with Crippen LogP contribution in [-0.4, -0.2) is 6.61 Å². The minimum absolute atomic E-state index is 0. The molecule has 0 heterocycles. The van der Waals surface area contributed by atoms with E-state index in [1.54, 1.807) is 13.8 Å². The molecule has 0 saturated carbocycles. The lowest BCUT2D eigenvalue weighted by Gasteiger charge is -2.09. The molecule has 80 valence electrons. The highest BCUT2D eigenvalue weighted by Crippen LogP contribution is 2.24. The SMILES string of the molecule is Cc1cc(OC(F)F)cc(C)c1N.Cl. The summed E-state index contributed by atoms with van der Waals surface area (Å²) in [7, 11) is 0. The summed E-state index contributed by atoms with van der Waals surface area (Å²) >= 11 is 0. The summed E-state index contributed by atoms with van der Waals surface area (Å²) in [5.41, 5.74) is 7.74. The molecule has 1 rings (SSSR count). The quantitative estimate of drug-likeness (QED) is 0.783. The van der Waals surface area contributed by atoms with Crippen molar-refractivity contribution in [2.75, 3.05) is 5.73 Å². The lowest BCUT2D eigenvalue weighted by Crippen LogP contribution is -2.03. The molecule has 0 bridgehead atoms. The van der Waals surface area contributed by atoms with Crippen LogP contribution in [0.15, 0.2) is 12.1 Å². The van der Waals surface area contributed by atoms with E-state index >= 15 is 0 Å². The number of hydrogen-bond acceptors (Lipinski definition) is 2. The highest BCUT2D eigenvalue weighted by Gasteiger charge is 2.07. The molecule has 0 aliphatic rings. The summed E-state index contributed by atoms with van der Waals surface area (Å²) in [6.45, 7) is 0.712. The van der Waals surface area contributed by atoms with Crippen molar-refractivity contribution in [1.82, 2.24) is 0 Å². The van der Waals surface area contributed by atoms with Gasteiger partial charge in [-0.3, -0.25) is 0 Å². The Balaban J connectivity index is 0.00000169. The average Bonchev–Trinajstić information content (AvgIpc) is 1.98. The summed E-state index contributed by atoms with van der Waals surface area (Å²) < 4.78 is 27.9. The van der Waals surface area contributed by atoms with Gasteiger partial charge in [0.2, 0.25) is 0 Å². The first-order chi connectivity index (χ1) is 6.00. The van der Waals surface area contributed by atoms with Gasteiger partial charge in [-0.2, -0.15) is 8.78 Å². The molecule has 2 N–H and O–H groups in total. The summed E-state index contributed by atoms with van der Waals surface area (Å²) in [6.07, 6.45) is 0. The monoisotopic (exact) mass is 223 g/mol. The Morgan fingerprint density at radius 2 is 1.64 bits per heavy atom. The van der Waals surface area contributed by atoms with Crippen LogP contribution in [0.25, 0.3) is 0 Å². The van der Waals surface area contributed by atoms with Crippen LogP contribution >= 0.6 is 12.4 Å². The number of nitrogen functional groups attached to an aromatic ring is 1. The second kappa shape index (κ2) is 5.00. The van der Waals surface area contributed by atoms with Gasteiger partial charge >= 0.3 is 6.61 Å². The highest BCUT2D eigenvalue weighted by atomic mass is 35.5. The second-order valence-electron chi connectivity index (χ2n) is 2.85. The van der Waals surface area contributed by atoms with Crippen molar-refractivity contribution < 1.29 is 13.5 Å². The first-order valence-corrected chi connectivity index (χ1v) is 3.82. The Hall–Kier alpha value is -1.03. The predicted molar refractivity (Wildman–Crippen MR) is 54.2 cm³/mol. The van der Waals surface area contributed by atoms with E-state index in [4.69, 9.17) is 5.73 Å². The summed E-state index contributed by atoms with van der Waals surface area (Å²) in [5.74, 6) is 0.152. The van der Waals surface area contributed by atoms with Gasteiger partial charge in [-0.05, 0) is 37.1 Å². The van der Waals surface area contributed by atoms with Crippen LogP contribution in [-0.2, 0) is 0 Å². The third-order valence-corrected chi connectivity index (χ3v) is 1.79. The number of anilines is 1. The molecule has 1 aromatic carbocycles. The van der Waals surface area contributed by atoms with Crippen molar-refractivity contribution in [2.45, 2.75) is 20.5 Å². The molecule has 0 spiro atoms. The van der Waals surface area contributed by atoms with Crippen LogP contribution in [0.4, 0.5) is 14.5 Å². The van der Waals surface area contributed by atoms with Crippen LogP contribution in [0.2, 0.25) is 0 Å². The summed E-state index contributed by atoms with van der Waals surface area (Å²) in [4.78, 5) is 0. The van der Waals surface area contributed by atoms with Gasteiger partial charge in [0.25, 0.3) is 0 Å². The largest absolute Gasteiger partial charge is 0.435 e. The third kappa shape index (κ3) is 3.03. The number of ether oxygens (including phenoxy) is 1. The average molecular weight is 224 g/mol. The van der Waals surface area contributed by atoms with Gasteiger partial charge in [0.05, 0.1) is 0 Å². The zero-order valence-corrected chi connectivity index (χ0v) is 8.70. The Labute approximate surface area is 87.5 Å². The molecule has 0 atom stereocenters. The maximum absolute atomic E-state index is 11.8. The van der Waals surface area contributed by atoms with E-state index in [0.29, 0.717) is 5.69 Å². The smallest absolute Gasteiger partial charge is 0.387 e. The molecule has 0 aliphatic heterocycles. The molecule has 0 unspecified atom stereocenters. The number of alkyl halides is 2. The molecule has 0 saturated heterocycles. The predicted octanol–water partition coefficient (Wildman–Crippen LogP) is 2.91. The van der Waals surface area contributed by atoms with Gasteiger partial charge in [0, 0.05) is 5.69 Å². The summed E-state index contributed by atoms with van der Waals surface area (Å²) in [5, 5.41) is 0. The normalized spacial score (nSPS) is 9.79. The molecule has 0 fully saturated rings. The molecular weight excluding hydrogens is 212 g/mol. The van der Waals surface area contributed by atoms with Gasteiger partial charge in [0.1, 0.15) is 5.75 Å². The highest BCUT2D eigenvalue weighted by molar-refractivity contribution is 5.85. The van der Waals surface area contributed by atoms with E-state index in [2.05, 4.69) is 4.74 Å². The van der Waals surface area contributed by atoms with Crippen molar-refractivity contribution in [1.29, 1.82) is 0 Å². The van der Waals surface area contributed by atoms with E-state index in [-0.39, 0.29) is 18.2 Å². The topological polar surface area (TPSA) is 35.2 Å². The van der Waals surface area contributed by atoms with Crippen molar-refractivity contribution in [2.24, 2.45) is 0 Å². The Bertz CT molecular complexity index is 295. The molecular formula is C9H12ClF2NO. The maximum Gasteiger partial charge on any atom is 0.387 e. The number of nitrogens with two attached hydrogens (primary N) is 1. The fraction of sp³-hybridized carbons (Fsp3) is 0.333. The first kappa shape index (κ1) is 13.0. The molecule has 0 aromatic heterocycles. The molecule has 14 heavy (non-hydrogen) atoms.